The molecule has 11 heteroatoms. The van der Waals surface area contributed by atoms with Crippen LogP contribution >= 0.6 is 0 Å². The van der Waals surface area contributed by atoms with Gasteiger partial charge in [-0.25, -0.2) is 22.2 Å². The molecular weight excluding hydrogens is 476 g/mol. The standard InChI is InChI=1S/C24H31F2N5O3S/c1-15(2)21-13-28-23(14-27-21)30-9-6-16(7-10-30)31-8-4-5-19(24(31)32)29-20-11-18(26)22(12-17(20)25)35(3,33)34/h11-16,19,29H,4-10H2,1-3H3. The van der Waals surface area contributed by atoms with Crippen LogP contribution in [0.5, 0.6) is 0 Å². The van der Waals surface area contributed by atoms with E-state index in [-0.39, 0.29) is 17.6 Å². The molecule has 1 unspecified atom stereocenters. The first-order valence-corrected chi connectivity index (χ1v) is 13.8. The summed E-state index contributed by atoms with van der Waals surface area (Å²) in [7, 11) is -3.90. The molecule has 0 spiro atoms. The van der Waals surface area contributed by atoms with Crippen molar-refractivity contribution in [2.24, 2.45) is 0 Å². The lowest BCUT2D eigenvalue weighted by Crippen LogP contribution is -2.54. The van der Waals surface area contributed by atoms with E-state index in [1.807, 2.05) is 4.90 Å². The number of piperidine rings is 2. The summed E-state index contributed by atoms with van der Waals surface area (Å²) in [6.07, 6.45) is 7.19. The third kappa shape index (κ3) is 5.55. The number of likely N-dealkylation sites (tertiary alicyclic amines) is 1. The lowest BCUT2D eigenvalue weighted by Gasteiger charge is -2.42. The van der Waals surface area contributed by atoms with Crippen LogP contribution in [0.4, 0.5) is 20.3 Å². The van der Waals surface area contributed by atoms with E-state index in [1.54, 1.807) is 12.4 Å². The highest BCUT2D eigenvalue weighted by atomic mass is 32.2. The second-order valence-corrected chi connectivity index (χ2v) is 11.6. The fraction of sp³-hybridized carbons (Fsp3) is 0.542. The van der Waals surface area contributed by atoms with Gasteiger partial charge in [0.15, 0.2) is 9.84 Å². The summed E-state index contributed by atoms with van der Waals surface area (Å²) in [5.74, 6) is -0.963. The normalized spacial score (nSPS) is 19.9. The average Bonchev–Trinajstić information content (AvgIpc) is 2.82. The highest BCUT2D eigenvalue weighted by Crippen LogP contribution is 2.28. The number of benzene rings is 1. The molecule has 4 rings (SSSR count). The molecule has 35 heavy (non-hydrogen) atoms. The number of amides is 1. The quantitative estimate of drug-likeness (QED) is 0.641. The first-order chi connectivity index (χ1) is 16.5. The number of hydrogen-bond acceptors (Lipinski definition) is 7. The van der Waals surface area contributed by atoms with Crippen LogP contribution in [0.25, 0.3) is 0 Å². The fourth-order valence-electron chi connectivity index (χ4n) is 4.71. The van der Waals surface area contributed by atoms with Crippen LogP contribution in [0.1, 0.15) is 51.1 Å². The molecule has 0 saturated carbocycles. The van der Waals surface area contributed by atoms with E-state index in [1.165, 1.54) is 0 Å². The van der Waals surface area contributed by atoms with E-state index in [4.69, 9.17) is 0 Å². The molecule has 2 saturated heterocycles. The van der Waals surface area contributed by atoms with Crippen molar-refractivity contribution < 1.29 is 22.0 Å². The van der Waals surface area contributed by atoms with Gasteiger partial charge in [-0.3, -0.25) is 9.78 Å². The molecule has 2 aliphatic heterocycles. The summed E-state index contributed by atoms with van der Waals surface area (Å²) < 4.78 is 52.1. The number of nitrogens with one attached hydrogen (secondary N) is 1. The highest BCUT2D eigenvalue weighted by molar-refractivity contribution is 7.90. The Labute approximate surface area is 204 Å². The molecule has 1 atom stereocenters. The Morgan fingerprint density at radius 2 is 1.74 bits per heavy atom. The van der Waals surface area contributed by atoms with Crippen LogP contribution in [0.2, 0.25) is 0 Å². The van der Waals surface area contributed by atoms with Gasteiger partial charge >= 0.3 is 0 Å². The van der Waals surface area contributed by atoms with E-state index >= 15 is 0 Å². The summed E-state index contributed by atoms with van der Waals surface area (Å²) in [5, 5.41) is 2.81. The summed E-state index contributed by atoms with van der Waals surface area (Å²) in [6.45, 7) is 6.25. The maximum Gasteiger partial charge on any atom is 0.245 e. The van der Waals surface area contributed by atoms with Gasteiger partial charge in [-0.2, -0.15) is 0 Å². The summed E-state index contributed by atoms with van der Waals surface area (Å²) >= 11 is 0. The molecule has 2 aromatic rings. The summed E-state index contributed by atoms with van der Waals surface area (Å²) in [4.78, 5) is 25.6. The maximum atomic E-state index is 14.5. The van der Waals surface area contributed by atoms with E-state index in [9.17, 15) is 22.0 Å². The molecule has 1 amide bonds. The Kier molecular flexibility index (Phi) is 7.25. The number of halogens is 2. The monoisotopic (exact) mass is 507 g/mol. The van der Waals surface area contributed by atoms with Gasteiger partial charge in [0.05, 0.1) is 23.8 Å². The number of carbonyl (C=O) groups is 1. The number of hydrogen-bond donors (Lipinski definition) is 1. The minimum absolute atomic E-state index is 0.0560. The van der Waals surface area contributed by atoms with Crippen molar-refractivity contribution in [3.05, 3.63) is 41.9 Å². The average molecular weight is 508 g/mol. The van der Waals surface area contributed by atoms with Gasteiger partial charge < -0.3 is 15.1 Å². The summed E-state index contributed by atoms with van der Waals surface area (Å²) in [5.41, 5.74) is 0.733. The zero-order valence-corrected chi connectivity index (χ0v) is 21.0. The highest BCUT2D eigenvalue weighted by Gasteiger charge is 2.35. The third-order valence-corrected chi connectivity index (χ3v) is 7.81. The van der Waals surface area contributed by atoms with Crippen LogP contribution in [-0.4, -0.2) is 67.2 Å². The second kappa shape index (κ2) is 10.0. The van der Waals surface area contributed by atoms with Gasteiger partial charge in [-0.05, 0) is 37.7 Å². The lowest BCUT2D eigenvalue weighted by atomic mass is 9.97. The smallest absolute Gasteiger partial charge is 0.245 e. The Morgan fingerprint density at radius 1 is 1.03 bits per heavy atom. The summed E-state index contributed by atoms with van der Waals surface area (Å²) in [6, 6.07) is 0.821. The molecule has 0 radical (unpaired) electrons. The minimum atomic E-state index is -3.90. The van der Waals surface area contributed by atoms with Crippen molar-refractivity contribution >= 4 is 27.2 Å². The zero-order chi connectivity index (χ0) is 25.3. The number of anilines is 2. The molecule has 2 fully saturated rings. The van der Waals surface area contributed by atoms with Gasteiger partial charge in [0.2, 0.25) is 5.91 Å². The van der Waals surface area contributed by atoms with Crippen LogP contribution in [0.3, 0.4) is 0 Å². The Balaban J connectivity index is 1.40. The molecule has 8 nitrogen and oxygen atoms in total. The molecule has 1 aromatic carbocycles. The predicted octanol–water partition coefficient (Wildman–Crippen LogP) is 3.35. The number of sulfone groups is 1. The third-order valence-electron chi connectivity index (χ3n) is 6.70. The Bertz CT molecular complexity index is 1180. The fourth-order valence-corrected chi connectivity index (χ4v) is 5.44. The van der Waals surface area contributed by atoms with Gasteiger partial charge in [0.1, 0.15) is 28.4 Å². The number of nitrogens with zero attached hydrogens (tertiary/aromatic N) is 4. The van der Waals surface area contributed by atoms with E-state index < -0.39 is 32.4 Å². The largest absolute Gasteiger partial charge is 0.371 e. The van der Waals surface area contributed by atoms with Crippen molar-refractivity contribution in [2.45, 2.75) is 62.4 Å². The molecule has 3 heterocycles. The Hall–Kier alpha value is -2.82. The second-order valence-electron chi connectivity index (χ2n) is 9.58. The van der Waals surface area contributed by atoms with E-state index in [2.05, 4.69) is 34.0 Å². The van der Waals surface area contributed by atoms with Crippen molar-refractivity contribution in [1.29, 1.82) is 0 Å². The van der Waals surface area contributed by atoms with E-state index in [0.717, 1.165) is 56.2 Å². The van der Waals surface area contributed by atoms with Crippen LogP contribution in [0, 0.1) is 11.6 Å². The molecule has 1 N–H and O–H groups in total. The van der Waals surface area contributed by atoms with Gasteiger partial charge in [0.25, 0.3) is 0 Å². The van der Waals surface area contributed by atoms with Gasteiger partial charge in [0, 0.05) is 38.0 Å². The SMILES string of the molecule is CC(C)c1cnc(N2CCC(N3CCCC(Nc4cc(F)c(S(C)(=O)=O)cc4F)C3=O)CC2)cn1. The number of carbonyl (C=O) groups excluding carboxylic acids is 1. The topological polar surface area (TPSA) is 95.5 Å². The molecule has 2 aliphatic rings. The van der Waals surface area contributed by atoms with Gasteiger partial charge in [-0.15, -0.1) is 0 Å². The maximum absolute atomic E-state index is 14.5. The van der Waals surface area contributed by atoms with Crippen LogP contribution in [-0.2, 0) is 14.6 Å². The van der Waals surface area contributed by atoms with Crippen molar-refractivity contribution in [1.82, 2.24) is 14.9 Å². The van der Waals surface area contributed by atoms with Gasteiger partial charge in [-0.1, -0.05) is 13.8 Å². The molecule has 0 aliphatic carbocycles. The molecule has 190 valence electrons. The van der Waals surface area contributed by atoms with Crippen LogP contribution < -0.4 is 10.2 Å². The van der Waals surface area contributed by atoms with Crippen molar-refractivity contribution in [3.8, 4) is 0 Å². The molecule has 1 aromatic heterocycles. The number of rotatable bonds is 6. The van der Waals surface area contributed by atoms with Crippen molar-refractivity contribution in [2.75, 3.05) is 36.1 Å². The lowest BCUT2D eigenvalue weighted by molar-refractivity contribution is -0.137. The van der Waals surface area contributed by atoms with Crippen LogP contribution in [0.15, 0.2) is 29.4 Å². The molecule has 0 bridgehead atoms. The Morgan fingerprint density at radius 3 is 2.34 bits per heavy atom. The molecular formula is C24H31F2N5O3S. The van der Waals surface area contributed by atoms with E-state index in [0.29, 0.717) is 24.9 Å². The first kappa shape index (κ1) is 25.3. The predicted molar refractivity (Wildman–Crippen MR) is 129 cm³/mol. The first-order valence-electron chi connectivity index (χ1n) is 11.9. The zero-order valence-electron chi connectivity index (χ0n) is 20.2. The number of aromatic nitrogens is 2. The van der Waals surface area contributed by atoms with Crippen molar-refractivity contribution in [3.63, 3.8) is 0 Å². The minimum Gasteiger partial charge on any atom is -0.371 e.